The maximum absolute atomic E-state index is 14.8. The minimum atomic E-state index is -1.13. The molecule has 1 aromatic heterocycles. The van der Waals surface area contributed by atoms with Gasteiger partial charge in [0.2, 0.25) is 35.4 Å². The molecule has 16 nitrogen and oxygen atoms in total. The minimum absolute atomic E-state index is 0.126. The predicted octanol–water partition coefficient (Wildman–Crippen LogP) is 2.29. The van der Waals surface area contributed by atoms with Gasteiger partial charge in [-0.2, -0.15) is 0 Å². The lowest BCUT2D eigenvalue weighted by Crippen LogP contribution is -2.65. The minimum Gasteiger partial charge on any atom is -0.360 e. The Morgan fingerprint density at radius 1 is 0.966 bits per heavy atom. The van der Waals surface area contributed by atoms with E-state index in [4.69, 9.17) is 10.8 Å². The quantitative estimate of drug-likeness (QED) is 0.100. The lowest BCUT2D eigenvalue weighted by atomic mass is 9.82. The molecule has 1 aromatic carbocycles. The first-order chi connectivity index (χ1) is 27.1. The third-order valence-electron chi connectivity index (χ3n) is 10.8. The Morgan fingerprint density at radius 2 is 1.64 bits per heavy atom. The zero-order chi connectivity index (χ0) is 43.1. The second-order valence-corrected chi connectivity index (χ2v) is 18.8. The summed E-state index contributed by atoms with van der Waals surface area (Å²) in [6.45, 7) is 18.7. The van der Waals surface area contributed by atoms with Gasteiger partial charge in [-0.15, -0.1) is 11.3 Å². The van der Waals surface area contributed by atoms with Crippen molar-refractivity contribution in [1.29, 1.82) is 0 Å². The summed E-state index contributed by atoms with van der Waals surface area (Å²) >= 11 is 1.27. The van der Waals surface area contributed by atoms with E-state index in [1.54, 1.807) is 11.6 Å². The highest BCUT2D eigenvalue weighted by Gasteiger charge is 2.44. The molecule has 58 heavy (non-hydrogen) atoms. The molecule has 2 aromatic rings. The van der Waals surface area contributed by atoms with Gasteiger partial charge in [0.05, 0.1) is 18.5 Å². The van der Waals surface area contributed by atoms with Crippen LogP contribution in [0.3, 0.4) is 0 Å². The van der Waals surface area contributed by atoms with Crippen LogP contribution >= 0.6 is 11.3 Å². The van der Waals surface area contributed by atoms with Gasteiger partial charge in [0, 0.05) is 24.0 Å². The maximum Gasteiger partial charge on any atom is 0.244 e. The number of nitrogens with one attached hydrogen (secondary N) is 6. The first-order valence-corrected chi connectivity index (χ1v) is 20.8. The number of hydrazine groups is 1. The lowest BCUT2D eigenvalue weighted by molar-refractivity contribution is -0.140. The number of fused-ring (bicyclic) bond motifs is 1. The number of benzene rings is 1. The number of carbonyl (C=O) groups excluding carboxylic acids is 6. The van der Waals surface area contributed by atoms with Crippen LogP contribution in [-0.2, 0) is 28.8 Å². The van der Waals surface area contributed by atoms with Gasteiger partial charge in [-0.25, -0.2) is 10.8 Å². The Hall–Kier alpha value is -4.90. The summed E-state index contributed by atoms with van der Waals surface area (Å²) < 4.78 is 0. The highest BCUT2D eigenvalue weighted by atomic mass is 32.1. The van der Waals surface area contributed by atoms with Crippen molar-refractivity contribution in [2.75, 3.05) is 13.1 Å². The van der Waals surface area contributed by atoms with Gasteiger partial charge in [0.15, 0.2) is 0 Å². The fourth-order valence-electron chi connectivity index (χ4n) is 7.33. The Bertz CT molecular complexity index is 1810. The number of amides is 6. The number of aromatic nitrogens is 1. The standard InChI is InChI=1S/C41H62N10O6S/c1-22(2)29-35(54)49-32(40(5,6)7)34(44-21-28(53)51-18-16-23(3)31(51)37(56)46-29)48-33(41(8,9)10)38(57)47-30(24(4)25-14-12-11-13-15-25)36(55)45-26(20-27(52)50-42)39-43-17-19-58-39/h11-15,17,19,22-24,26,29-33H,16,18,20-21,42H2,1-10H3,(H,44,48)(H,45,55)(H,46,56)(H,47,57)(H,49,54)(H,50,52)/t23-,24+,26-,29+,30?,31+,32?,33?/m1/s1. The Labute approximate surface area is 345 Å². The van der Waals surface area contributed by atoms with Crippen molar-refractivity contribution in [3.8, 4) is 0 Å². The molecule has 4 rings (SSSR count). The van der Waals surface area contributed by atoms with E-state index in [2.05, 4.69) is 37.0 Å². The average molecular weight is 823 g/mol. The second kappa shape index (κ2) is 19.2. The summed E-state index contributed by atoms with van der Waals surface area (Å²) in [4.78, 5) is 93.8. The Balaban J connectivity index is 1.76. The van der Waals surface area contributed by atoms with Crippen LogP contribution in [0.5, 0.6) is 0 Å². The summed E-state index contributed by atoms with van der Waals surface area (Å²) in [6.07, 6.45) is 2.01. The van der Waals surface area contributed by atoms with E-state index in [1.165, 1.54) is 16.2 Å². The molecule has 6 amide bonds. The molecule has 2 aliphatic rings. The highest BCUT2D eigenvalue weighted by molar-refractivity contribution is 7.09. The van der Waals surface area contributed by atoms with Gasteiger partial charge in [-0.3, -0.25) is 39.2 Å². The molecule has 0 bridgehead atoms. The molecule has 318 valence electrons. The summed E-state index contributed by atoms with van der Waals surface area (Å²) in [5.41, 5.74) is 1.38. The third kappa shape index (κ3) is 11.4. The van der Waals surface area contributed by atoms with Crippen LogP contribution in [0.4, 0.5) is 0 Å². The van der Waals surface area contributed by atoms with Gasteiger partial charge in [0.1, 0.15) is 41.6 Å². The van der Waals surface area contributed by atoms with E-state index in [-0.39, 0.29) is 42.5 Å². The summed E-state index contributed by atoms with van der Waals surface area (Å²) in [5.74, 6) is 1.89. The summed E-state index contributed by atoms with van der Waals surface area (Å²) in [7, 11) is 0. The zero-order valence-electron chi connectivity index (χ0n) is 35.3. The monoisotopic (exact) mass is 822 g/mol. The van der Waals surface area contributed by atoms with Crippen molar-refractivity contribution in [2.24, 2.45) is 33.5 Å². The van der Waals surface area contributed by atoms with Crippen LogP contribution in [0, 0.1) is 22.7 Å². The number of carbonyl (C=O) groups is 6. The topological polar surface area (TPSA) is 229 Å². The van der Waals surface area contributed by atoms with Gasteiger partial charge in [-0.1, -0.05) is 99.6 Å². The van der Waals surface area contributed by atoms with E-state index in [0.717, 1.165) is 5.56 Å². The van der Waals surface area contributed by atoms with E-state index >= 15 is 0 Å². The predicted molar refractivity (Wildman–Crippen MR) is 223 cm³/mol. The van der Waals surface area contributed by atoms with Crippen molar-refractivity contribution in [3.63, 3.8) is 0 Å². The Kier molecular flexibility index (Phi) is 15.2. The SMILES string of the molecule is CC(C)[C@@H]1NC(=O)[C@@H]2[C@H](C)CCN2C(=O)CN=C(NC(C(=O)NC(C(=O)N[C@H](CC(=O)NN)c2nccs2)[C@@H](C)c2ccccc2)C(C)(C)C)C(C(C)(C)C)NC1=O. The van der Waals surface area contributed by atoms with Crippen LogP contribution in [0.15, 0.2) is 46.9 Å². The molecule has 17 heteroatoms. The molecule has 8 N–H and O–H groups in total. The fraction of sp³-hybridized carbons (Fsp3) is 0.610. The van der Waals surface area contributed by atoms with Crippen molar-refractivity contribution in [1.82, 2.24) is 41.9 Å². The molecule has 8 atom stereocenters. The van der Waals surface area contributed by atoms with Gasteiger partial charge < -0.3 is 31.5 Å². The van der Waals surface area contributed by atoms with E-state index in [0.29, 0.717) is 18.0 Å². The van der Waals surface area contributed by atoms with Crippen molar-refractivity contribution < 1.29 is 28.8 Å². The van der Waals surface area contributed by atoms with Gasteiger partial charge >= 0.3 is 0 Å². The van der Waals surface area contributed by atoms with E-state index < -0.39 is 76.6 Å². The molecule has 0 aliphatic carbocycles. The molecule has 2 aliphatic heterocycles. The number of aliphatic imine (C=N–C) groups is 1. The number of hydrogen-bond donors (Lipinski definition) is 7. The molecule has 3 heterocycles. The van der Waals surface area contributed by atoms with Crippen LogP contribution < -0.4 is 37.9 Å². The van der Waals surface area contributed by atoms with Crippen molar-refractivity contribution >= 4 is 52.6 Å². The largest absolute Gasteiger partial charge is 0.360 e. The maximum atomic E-state index is 14.8. The number of hydrogen-bond acceptors (Lipinski definition) is 11. The summed E-state index contributed by atoms with van der Waals surface area (Å²) in [5, 5.41) is 17.5. The van der Waals surface area contributed by atoms with Crippen LogP contribution in [-0.4, -0.2) is 94.5 Å². The molecule has 0 saturated carbocycles. The fourth-order valence-corrected chi connectivity index (χ4v) is 8.02. The molecule has 3 unspecified atom stereocenters. The molecule has 0 radical (unpaired) electrons. The van der Waals surface area contributed by atoms with Crippen LogP contribution in [0.2, 0.25) is 0 Å². The first kappa shape index (κ1) is 45.8. The van der Waals surface area contributed by atoms with Crippen molar-refractivity contribution in [3.05, 3.63) is 52.5 Å². The molecule has 1 saturated heterocycles. The number of nitrogens with zero attached hydrogens (tertiary/aromatic N) is 3. The third-order valence-corrected chi connectivity index (χ3v) is 11.7. The first-order valence-electron chi connectivity index (χ1n) is 19.9. The van der Waals surface area contributed by atoms with Crippen LogP contribution in [0.1, 0.15) is 105 Å². The molecular weight excluding hydrogens is 761 g/mol. The Morgan fingerprint density at radius 3 is 2.21 bits per heavy atom. The van der Waals surface area contributed by atoms with Gasteiger partial charge in [-0.05, 0) is 34.7 Å². The highest BCUT2D eigenvalue weighted by Crippen LogP contribution is 2.29. The second-order valence-electron chi connectivity index (χ2n) is 17.9. The number of rotatable bonds is 11. The normalized spacial score (nSPS) is 22.8. The molecular formula is C41H62N10O6S. The smallest absolute Gasteiger partial charge is 0.244 e. The zero-order valence-corrected chi connectivity index (χ0v) is 36.2. The lowest BCUT2D eigenvalue weighted by Gasteiger charge is -2.39. The number of nitrogens with two attached hydrogens (primary N) is 1. The van der Waals surface area contributed by atoms with Gasteiger partial charge in [0.25, 0.3) is 0 Å². The number of thiazole rings is 1. The average Bonchev–Trinajstić information content (AvgIpc) is 3.83. The van der Waals surface area contributed by atoms with Crippen LogP contribution in [0.25, 0.3) is 0 Å². The molecule has 1 fully saturated rings. The molecule has 0 spiro atoms. The number of amidine groups is 1. The summed E-state index contributed by atoms with van der Waals surface area (Å²) in [6, 6.07) is 3.75. The van der Waals surface area contributed by atoms with E-state index in [1.807, 2.05) is 99.6 Å². The van der Waals surface area contributed by atoms with Crippen molar-refractivity contribution in [2.45, 2.75) is 124 Å². The van der Waals surface area contributed by atoms with E-state index in [9.17, 15) is 28.8 Å².